The lowest BCUT2D eigenvalue weighted by Crippen LogP contribution is -2.47. The van der Waals surface area contributed by atoms with Crippen LogP contribution in [0.4, 0.5) is 10.6 Å². The SMILES string of the molecule is CC(O)(CNC(=O)Nc1cc(CC2CC2)nn1-c1ccccc1)C(=O)O. The van der Waals surface area contributed by atoms with Crippen molar-refractivity contribution in [3.05, 3.63) is 42.1 Å². The van der Waals surface area contributed by atoms with Crippen LogP contribution in [0.3, 0.4) is 0 Å². The molecule has 1 fully saturated rings. The first-order valence-corrected chi connectivity index (χ1v) is 8.50. The monoisotopic (exact) mass is 358 g/mol. The molecule has 4 N–H and O–H groups in total. The molecule has 0 aliphatic heterocycles. The molecule has 26 heavy (non-hydrogen) atoms. The van der Waals surface area contributed by atoms with Crippen molar-refractivity contribution < 1.29 is 19.8 Å². The summed E-state index contributed by atoms with van der Waals surface area (Å²) in [5.41, 5.74) is -0.333. The molecule has 0 saturated heterocycles. The number of carbonyl (C=O) groups is 2. The Labute approximate surface area is 150 Å². The Morgan fingerprint density at radius 2 is 2.00 bits per heavy atom. The normalized spacial score (nSPS) is 15.9. The van der Waals surface area contributed by atoms with Gasteiger partial charge in [0.1, 0.15) is 5.82 Å². The summed E-state index contributed by atoms with van der Waals surface area (Å²) in [5.74, 6) is -0.264. The molecule has 0 spiro atoms. The number of amides is 2. The summed E-state index contributed by atoms with van der Waals surface area (Å²) in [4.78, 5) is 23.0. The molecule has 1 atom stereocenters. The lowest BCUT2D eigenvalue weighted by molar-refractivity contribution is -0.155. The maximum Gasteiger partial charge on any atom is 0.337 e. The molecule has 0 bridgehead atoms. The van der Waals surface area contributed by atoms with Crippen molar-refractivity contribution in [1.82, 2.24) is 15.1 Å². The van der Waals surface area contributed by atoms with E-state index in [0.717, 1.165) is 24.7 Å². The van der Waals surface area contributed by atoms with Crippen LogP contribution >= 0.6 is 0 Å². The third-order valence-electron chi connectivity index (χ3n) is 4.25. The van der Waals surface area contributed by atoms with Crippen molar-refractivity contribution in [3.63, 3.8) is 0 Å². The minimum Gasteiger partial charge on any atom is -0.479 e. The van der Waals surface area contributed by atoms with Gasteiger partial charge in [0.05, 0.1) is 17.9 Å². The van der Waals surface area contributed by atoms with Gasteiger partial charge in [-0.25, -0.2) is 14.3 Å². The second kappa shape index (κ2) is 7.17. The highest BCUT2D eigenvalue weighted by molar-refractivity contribution is 5.89. The van der Waals surface area contributed by atoms with Crippen molar-refractivity contribution in [3.8, 4) is 5.69 Å². The van der Waals surface area contributed by atoms with E-state index in [1.54, 1.807) is 4.68 Å². The third-order valence-corrected chi connectivity index (χ3v) is 4.25. The number of carboxylic acid groups (broad SMARTS) is 1. The van der Waals surface area contributed by atoms with E-state index in [9.17, 15) is 14.7 Å². The number of para-hydroxylation sites is 1. The van der Waals surface area contributed by atoms with Crippen molar-refractivity contribution in [2.75, 3.05) is 11.9 Å². The molecule has 0 radical (unpaired) electrons. The molecule has 1 aromatic heterocycles. The number of hydrogen-bond acceptors (Lipinski definition) is 4. The van der Waals surface area contributed by atoms with Gasteiger partial charge >= 0.3 is 12.0 Å². The smallest absolute Gasteiger partial charge is 0.337 e. The minimum absolute atomic E-state index is 0.414. The Balaban J connectivity index is 1.74. The molecule has 3 rings (SSSR count). The van der Waals surface area contributed by atoms with E-state index in [-0.39, 0.29) is 0 Å². The fourth-order valence-corrected chi connectivity index (χ4v) is 2.49. The summed E-state index contributed by atoms with van der Waals surface area (Å²) >= 11 is 0. The Morgan fingerprint density at radius 3 is 2.62 bits per heavy atom. The van der Waals surface area contributed by atoms with Gasteiger partial charge in [-0.05, 0) is 44.2 Å². The van der Waals surface area contributed by atoms with Gasteiger partial charge in [0.2, 0.25) is 0 Å². The van der Waals surface area contributed by atoms with Gasteiger partial charge < -0.3 is 15.5 Å². The molecule has 2 amide bonds. The largest absolute Gasteiger partial charge is 0.479 e. The summed E-state index contributed by atoms with van der Waals surface area (Å²) in [5, 5.41) is 28.2. The van der Waals surface area contributed by atoms with Crippen LogP contribution in [0, 0.1) is 5.92 Å². The molecule has 1 saturated carbocycles. The molecule has 1 aliphatic rings. The highest BCUT2D eigenvalue weighted by Gasteiger charge is 2.30. The molecule has 8 heteroatoms. The van der Waals surface area contributed by atoms with Crippen LogP contribution in [-0.2, 0) is 11.2 Å². The standard InChI is InChI=1S/C18H22N4O4/c1-18(26,16(23)24)11-19-17(25)20-15-10-13(9-12-7-8-12)21-22(15)14-5-3-2-4-6-14/h2-6,10,12,26H,7-9,11H2,1H3,(H,23,24)(H2,19,20,25). The summed E-state index contributed by atoms with van der Waals surface area (Å²) in [6.07, 6.45) is 3.27. The number of nitrogens with one attached hydrogen (secondary N) is 2. The molecular formula is C18H22N4O4. The molecule has 138 valence electrons. The summed E-state index contributed by atoms with van der Waals surface area (Å²) < 4.78 is 1.65. The number of aromatic nitrogens is 2. The first-order chi connectivity index (χ1) is 12.3. The Morgan fingerprint density at radius 1 is 1.31 bits per heavy atom. The van der Waals surface area contributed by atoms with Gasteiger partial charge in [-0.2, -0.15) is 5.10 Å². The predicted molar refractivity (Wildman–Crippen MR) is 95.3 cm³/mol. The second-order valence-corrected chi connectivity index (χ2v) is 6.80. The average Bonchev–Trinajstić information content (AvgIpc) is 3.33. The van der Waals surface area contributed by atoms with Crippen LogP contribution in [0.2, 0.25) is 0 Å². The Bertz CT molecular complexity index is 797. The second-order valence-electron chi connectivity index (χ2n) is 6.80. The molecule has 1 aliphatic carbocycles. The van der Waals surface area contributed by atoms with Crippen LogP contribution in [0.15, 0.2) is 36.4 Å². The molecule has 1 aromatic carbocycles. The number of carboxylic acids is 1. The Hall–Kier alpha value is -2.87. The van der Waals surface area contributed by atoms with Crippen molar-refractivity contribution in [2.24, 2.45) is 5.92 Å². The zero-order valence-corrected chi connectivity index (χ0v) is 14.5. The summed E-state index contributed by atoms with van der Waals surface area (Å²) in [7, 11) is 0. The zero-order chi connectivity index (χ0) is 18.7. The zero-order valence-electron chi connectivity index (χ0n) is 14.5. The van der Waals surface area contributed by atoms with E-state index < -0.39 is 24.1 Å². The van der Waals surface area contributed by atoms with E-state index >= 15 is 0 Å². The maximum absolute atomic E-state index is 12.1. The number of aliphatic carboxylic acids is 1. The molecule has 8 nitrogen and oxygen atoms in total. The minimum atomic E-state index is -2.03. The number of anilines is 1. The van der Waals surface area contributed by atoms with Gasteiger partial charge in [-0.3, -0.25) is 5.32 Å². The van der Waals surface area contributed by atoms with Gasteiger partial charge in [0, 0.05) is 6.07 Å². The first kappa shape index (κ1) is 17.9. The highest BCUT2D eigenvalue weighted by atomic mass is 16.4. The number of hydrogen-bond donors (Lipinski definition) is 4. The lowest BCUT2D eigenvalue weighted by Gasteiger charge is -2.18. The highest BCUT2D eigenvalue weighted by Crippen LogP contribution is 2.33. The fraction of sp³-hybridized carbons (Fsp3) is 0.389. The lowest BCUT2D eigenvalue weighted by atomic mass is 10.1. The van der Waals surface area contributed by atoms with Crippen LogP contribution in [-0.4, -0.2) is 44.1 Å². The van der Waals surface area contributed by atoms with Crippen molar-refractivity contribution in [1.29, 1.82) is 0 Å². The first-order valence-electron chi connectivity index (χ1n) is 8.50. The number of benzene rings is 1. The van der Waals surface area contributed by atoms with E-state index in [1.165, 1.54) is 12.8 Å². The molecule has 1 unspecified atom stereocenters. The number of carbonyl (C=O) groups excluding carboxylic acids is 1. The predicted octanol–water partition coefficient (Wildman–Crippen LogP) is 1.78. The molecular weight excluding hydrogens is 336 g/mol. The number of urea groups is 1. The molecule has 2 aromatic rings. The molecule has 1 heterocycles. The van der Waals surface area contributed by atoms with Gasteiger partial charge in [0.15, 0.2) is 5.60 Å². The summed E-state index contributed by atoms with van der Waals surface area (Å²) in [6.45, 7) is 0.708. The van der Waals surface area contributed by atoms with E-state index in [0.29, 0.717) is 11.7 Å². The van der Waals surface area contributed by atoms with Crippen molar-refractivity contribution >= 4 is 17.8 Å². The van der Waals surface area contributed by atoms with Crippen LogP contribution in [0.25, 0.3) is 5.69 Å². The van der Waals surface area contributed by atoms with Crippen LogP contribution in [0.5, 0.6) is 0 Å². The van der Waals surface area contributed by atoms with Gasteiger partial charge in [-0.1, -0.05) is 18.2 Å². The number of aliphatic hydroxyl groups is 1. The van der Waals surface area contributed by atoms with E-state index in [4.69, 9.17) is 5.11 Å². The summed E-state index contributed by atoms with van der Waals surface area (Å²) in [6, 6.07) is 10.6. The maximum atomic E-state index is 12.1. The van der Waals surface area contributed by atoms with Crippen LogP contribution < -0.4 is 10.6 Å². The number of rotatable bonds is 7. The third kappa shape index (κ3) is 4.40. The topological polar surface area (TPSA) is 116 Å². The van der Waals surface area contributed by atoms with Crippen molar-refractivity contribution in [2.45, 2.75) is 31.8 Å². The van der Waals surface area contributed by atoms with E-state index in [2.05, 4.69) is 15.7 Å². The van der Waals surface area contributed by atoms with E-state index in [1.807, 2.05) is 36.4 Å². The van der Waals surface area contributed by atoms with Gasteiger partial charge in [-0.15, -0.1) is 0 Å². The number of nitrogens with zero attached hydrogens (tertiary/aromatic N) is 2. The van der Waals surface area contributed by atoms with Crippen LogP contribution in [0.1, 0.15) is 25.5 Å². The fourth-order valence-electron chi connectivity index (χ4n) is 2.49. The van der Waals surface area contributed by atoms with Gasteiger partial charge in [0.25, 0.3) is 0 Å². The Kier molecular flexibility index (Phi) is 4.94. The quantitative estimate of drug-likeness (QED) is 0.602. The average molecular weight is 358 g/mol.